The van der Waals surface area contributed by atoms with Gasteiger partial charge in [-0.05, 0) is 13.8 Å². The lowest BCUT2D eigenvalue weighted by molar-refractivity contribution is -0.320. The maximum absolute atomic E-state index is 9.80. The molecule has 1 saturated heterocycles. The molecule has 7 N–H and O–H groups in total. The maximum atomic E-state index is 9.80. The second kappa shape index (κ2) is 7.77. The van der Waals surface area contributed by atoms with Crippen molar-refractivity contribution >= 4 is 0 Å². The number of rotatable bonds is 6. The van der Waals surface area contributed by atoms with E-state index in [1.54, 1.807) is 0 Å². The van der Waals surface area contributed by atoms with E-state index in [4.69, 9.17) is 14.6 Å². The Bertz CT molecular complexity index is 313. The summed E-state index contributed by atoms with van der Waals surface area (Å²) in [6.45, 7) is 1.95. The van der Waals surface area contributed by atoms with Gasteiger partial charge in [0.05, 0.1) is 18.8 Å². The Balaban J connectivity index is 2.82. The van der Waals surface area contributed by atoms with Gasteiger partial charge in [0.2, 0.25) is 0 Å². The van der Waals surface area contributed by atoms with E-state index in [0.717, 1.165) is 0 Å². The molecule has 0 bridgehead atoms. The highest BCUT2D eigenvalue weighted by atomic mass is 16.7. The molecular formula is C12H24O9. The summed E-state index contributed by atoms with van der Waals surface area (Å²) in [5, 5.41) is 66.8. The van der Waals surface area contributed by atoms with Crippen molar-refractivity contribution in [1.29, 1.82) is 0 Å². The smallest absolute Gasteiger partial charge is 0.187 e. The summed E-state index contributed by atoms with van der Waals surface area (Å²) in [5.74, 6) is 0. The zero-order valence-corrected chi connectivity index (χ0v) is 11.9. The predicted octanol–water partition coefficient (Wildman–Crippen LogP) is -3.71. The highest BCUT2D eigenvalue weighted by molar-refractivity contribution is 4.89. The zero-order chi connectivity index (χ0) is 16.3. The minimum Gasteiger partial charge on any atom is -0.394 e. The first-order valence-corrected chi connectivity index (χ1v) is 6.70. The first kappa shape index (κ1) is 18.7. The molecule has 9 heteroatoms. The summed E-state index contributed by atoms with van der Waals surface area (Å²) < 4.78 is 10.4. The normalized spacial score (nSPS) is 39.6. The van der Waals surface area contributed by atoms with Crippen molar-refractivity contribution < 1.29 is 45.2 Å². The first-order chi connectivity index (χ1) is 9.70. The Labute approximate surface area is 122 Å². The minimum absolute atomic E-state index is 0.752. The Kier molecular flexibility index (Phi) is 6.91. The molecule has 9 nitrogen and oxygen atoms in total. The maximum Gasteiger partial charge on any atom is 0.187 e. The molecule has 0 unspecified atom stereocenters. The number of ether oxygens (including phenoxy) is 2. The minimum atomic E-state index is -1.62. The van der Waals surface area contributed by atoms with E-state index in [1.165, 1.54) is 13.8 Å². The van der Waals surface area contributed by atoms with Crippen LogP contribution in [0.3, 0.4) is 0 Å². The molecule has 21 heavy (non-hydrogen) atoms. The van der Waals surface area contributed by atoms with Crippen LogP contribution in [-0.2, 0) is 9.47 Å². The van der Waals surface area contributed by atoms with Crippen molar-refractivity contribution in [3.63, 3.8) is 0 Å². The molecule has 0 aromatic heterocycles. The zero-order valence-electron chi connectivity index (χ0n) is 11.9. The standard InChI is InChI=1S/C12H24O9/c1-4(14)7(16)11(6(15)3-13)21-12-10(19)9(18)8(17)5(2)20-12/h4-19H,3H2,1-2H3/t4-,5-,6-,7-,8-,9+,10+,11-,12-/m0/s1. The first-order valence-electron chi connectivity index (χ1n) is 6.70. The molecule has 1 aliphatic heterocycles. The molecule has 0 aromatic rings. The van der Waals surface area contributed by atoms with Crippen LogP contribution in [0.2, 0.25) is 0 Å². The highest BCUT2D eigenvalue weighted by Crippen LogP contribution is 2.24. The molecule has 9 atom stereocenters. The van der Waals surface area contributed by atoms with Gasteiger partial charge in [-0.25, -0.2) is 0 Å². The second-order valence-electron chi connectivity index (χ2n) is 5.26. The van der Waals surface area contributed by atoms with Gasteiger partial charge in [0.15, 0.2) is 6.29 Å². The third kappa shape index (κ3) is 4.31. The van der Waals surface area contributed by atoms with Gasteiger partial charge >= 0.3 is 0 Å². The number of aliphatic hydroxyl groups is 7. The number of hydrogen-bond donors (Lipinski definition) is 7. The Morgan fingerprint density at radius 2 is 1.62 bits per heavy atom. The fourth-order valence-electron chi connectivity index (χ4n) is 2.06. The van der Waals surface area contributed by atoms with E-state index in [1.807, 2.05) is 0 Å². The third-order valence-electron chi connectivity index (χ3n) is 3.50. The van der Waals surface area contributed by atoms with Crippen LogP contribution < -0.4 is 0 Å². The van der Waals surface area contributed by atoms with Crippen LogP contribution in [0.4, 0.5) is 0 Å². The lowest BCUT2D eigenvalue weighted by atomic mass is 9.99. The average Bonchev–Trinajstić information content (AvgIpc) is 2.45. The average molecular weight is 312 g/mol. The SMILES string of the molecule is C[C@H](O)[C@H](O)[C@@H](O[C@@H]1O[C@@H](C)[C@H](O)[C@@H](O)[C@H]1O)[C@@H](O)CO. The molecule has 0 saturated carbocycles. The lowest BCUT2D eigenvalue weighted by Crippen LogP contribution is -2.60. The summed E-state index contributed by atoms with van der Waals surface area (Å²) in [7, 11) is 0. The van der Waals surface area contributed by atoms with E-state index in [-0.39, 0.29) is 0 Å². The lowest BCUT2D eigenvalue weighted by Gasteiger charge is -2.41. The summed E-state index contributed by atoms with van der Waals surface area (Å²) in [6.07, 6.45) is -12.6. The molecule has 0 radical (unpaired) electrons. The monoisotopic (exact) mass is 312 g/mol. The van der Waals surface area contributed by atoms with Crippen molar-refractivity contribution in [1.82, 2.24) is 0 Å². The van der Waals surface area contributed by atoms with Gasteiger partial charge in [0.25, 0.3) is 0 Å². The quantitative estimate of drug-likeness (QED) is 0.262. The second-order valence-corrected chi connectivity index (χ2v) is 5.26. The molecule has 0 aromatic carbocycles. The van der Waals surface area contributed by atoms with Gasteiger partial charge in [0.1, 0.15) is 36.6 Å². The fraction of sp³-hybridized carbons (Fsp3) is 1.00. The van der Waals surface area contributed by atoms with Gasteiger partial charge in [-0.1, -0.05) is 0 Å². The Hall–Kier alpha value is -0.360. The van der Waals surface area contributed by atoms with Crippen molar-refractivity contribution in [2.24, 2.45) is 0 Å². The number of hydrogen-bond acceptors (Lipinski definition) is 9. The van der Waals surface area contributed by atoms with Crippen molar-refractivity contribution in [3.8, 4) is 0 Å². The van der Waals surface area contributed by atoms with E-state index in [9.17, 15) is 30.6 Å². The number of aliphatic hydroxyl groups excluding tert-OH is 7. The van der Waals surface area contributed by atoms with Gasteiger partial charge in [0, 0.05) is 0 Å². The van der Waals surface area contributed by atoms with E-state index >= 15 is 0 Å². The van der Waals surface area contributed by atoms with Gasteiger partial charge < -0.3 is 45.2 Å². The molecule has 1 heterocycles. The van der Waals surface area contributed by atoms with Gasteiger partial charge in [-0.15, -0.1) is 0 Å². The van der Waals surface area contributed by atoms with E-state index < -0.39 is 61.7 Å². The van der Waals surface area contributed by atoms with Crippen molar-refractivity contribution in [3.05, 3.63) is 0 Å². The van der Waals surface area contributed by atoms with Crippen LogP contribution in [0.15, 0.2) is 0 Å². The van der Waals surface area contributed by atoms with Crippen LogP contribution in [0.5, 0.6) is 0 Å². The van der Waals surface area contributed by atoms with Gasteiger partial charge in [-0.3, -0.25) is 0 Å². The molecular weight excluding hydrogens is 288 g/mol. The predicted molar refractivity (Wildman–Crippen MR) is 68.0 cm³/mol. The van der Waals surface area contributed by atoms with Crippen molar-refractivity contribution in [2.75, 3.05) is 6.61 Å². The van der Waals surface area contributed by atoms with E-state index in [0.29, 0.717) is 0 Å². The molecule has 0 aliphatic carbocycles. The Morgan fingerprint density at radius 3 is 2.10 bits per heavy atom. The molecule has 0 amide bonds. The summed E-state index contributed by atoms with van der Waals surface area (Å²) in [4.78, 5) is 0. The summed E-state index contributed by atoms with van der Waals surface area (Å²) in [6, 6.07) is 0. The molecule has 1 fully saturated rings. The van der Waals surface area contributed by atoms with E-state index in [2.05, 4.69) is 0 Å². The van der Waals surface area contributed by atoms with Crippen LogP contribution in [0, 0.1) is 0 Å². The largest absolute Gasteiger partial charge is 0.394 e. The highest BCUT2D eigenvalue weighted by Gasteiger charge is 2.45. The van der Waals surface area contributed by atoms with Gasteiger partial charge in [-0.2, -0.15) is 0 Å². The van der Waals surface area contributed by atoms with Crippen LogP contribution in [0.25, 0.3) is 0 Å². The topological polar surface area (TPSA) is 160 Å². The van der Waals surface area contributed by atoms with Crippen LogP contribution >= 0.6 is 0 Å². The molecule has 1 rings (SSSR count). The summed E-state index contributed by atoms with van der Waals surface area (Å²) in [5.41, 5.74) is 0. The Morgan fingerprint density at radius 1 is 1.05 bits per heavy atom. The van der Waals surface area contributed by atoms with Crippen LogP contribution in [-0.4, -0.2) is 97.5 Å². The molecule has 1 aliphatic rings. The molecule has 0 spiro atoms. The fourth-order valence-corrected chi connectivity index (χ4v) is 2.06. The molecule has 126 valence electrons. The third-order valence-corrected chi connectivity index (χ3v) is 3.50. The van der Waals surface area contributed by atoms with Crippen LogP contribution in [0.1, 0.15) is 13.8 Å². The summed E-state index contributed by atoms with van der Waals surface area (Å²) >= 11 is 0. The van der Waals surface area contributed by atoms with Crippen molar-refractivity contribution in [2.45, 2.75) is 69.0 Å².